The van der Waals surface area contributed by atoms with Crippen molar-refractivity contribution >= 4 is 16.5 Å². The van der Waals surface area contributed by atoms with Gasteiger partial charge in [0, 0.05) is 16.3 Å². The van der Waals surface area contributed by atoms with Crippen LogP contribution in [0.1, 0.15) is 32.3 Å². The van der Waals surface area contributed by atoms with Crippen LogP contribution >= 0.6 is 0 Å². The van der Waals surface area contributed by atoms with Gasteiger partial charge >= 0.3 is 0 Å². The minimum Gasteiger partial charge on any atom is -0.399 e. The molecule has 0 saturated heterocycles. The average Bonchev–Trinajstić information content (AvgIpc) is 2.21. The summed E-state index contributed by atoms with van der Waals surface area (Å²) in [5.41, 5.74) is 7.47. The second-order valence-corrected chi connectivity index (χ2v) is 6.15. The van der Waals surface area contributed by atoms with Crippen molar-refractivity contribution in [2.45, 2.75) is 38.5 Å². The topological polar surface area (TPSA) is 43.1 Å². The van der Waals surface area contributed by atoms with Gasteiger partial charge in [-0.3, -0.25) is 4.21 Å². The highest BCUT2D eigenvalue weighted by Gasteiger charge is 2.07. The van der Waals surface area contributed by atoms with Crippen LogP contribution in [0.4, 0.5) is 5.69 Å². The van der Waals surface area contributed by atoms with E-state index in [1.165, 1.54) is 0 Å². The van der Waals surface area contributed by atoms with Crippen LogP contribution in [-0.4, -0.2) is 9.96 Å². The van der Waals surface area contributed by atoms with Crippen molar-refractivity contribution in [3.63, 3.8) is 0 Å². The summed E-state index contributed by atoms with van der Waals surface area (Å²) in [7, 11) is -0.902. The number of nitrogens with two attached hydrogens (primary N) is 1. The predicted molar refractivity (Wildman–Crippen MR) is 70.9 cm³/mol. The van der Waals surface area contributed by atoms with E-state index < -0.39 is 10.8 Å². The largest absolute Gasteiger partial charge is 0.399 e. The van der Waals surface area contributed by atoms with Crippen molar-refractivity contribution in [2.75, 3.05) is 11.5 Å². The summed E-state index contributed by atoms with van der Waals surface area (Å²) in [6, 6.07) is 5.62. The van der Waals surface area contributed by atoms with Crippen LogP contribution < -0.4 is 5.73 Å². The van der Waals surface area contributed by atoms with Crippen molar-refractivity contribution in [1.29, 1.82) is 0 Å². The van der Waals surface area contributed by atoms with Crippen LogP contribution in [0.25, 0.3) is 0 Å². The Balaban J connectivity index is 2.62. The van der Waals surface area contributed by atoms with Gasteiger partial charge in [-0.05, 0) is 37.0 Å². The van der Waals surface area contributed by atoms with E-state index in [-0.39, 0.29) is 0 Å². The van der Waals surface area contributed by atoms with Gasteiger partial charge in [0.1, 0.15) is 0 Å². The second kappa shape index (κ2) is 6.04. The Morgan fingerprint density at radius 2 is 2.06 bits per heavy atom. The Labute approximate surface area is 101 Å². The fraction of sp³-hybridized carbons (Fsp3) is 0.538. The first kappa shape index (κ1) is 13.2. The summed E-state index contributed by atoms with van der Waals surface area (Å²) in [6.07, 6.45) is 2.14. The highest BCUT2D eigenvalue weighted by molar-refractivity contribution is 7.85. The molecule has 0 heterocycles. The van der Waals surface area contributed by atoms with E-state index in [0.717, 1.165) is 29.1 Å². The number of hydrogen-bond acceptors (Lipinski definition) is 2. The SMILES string of the molecule is Cc1ccc(N)cc1S(=O)CCCC(C)C. The van der Waals surface area contributed by atoms with Gasteiger partial charge in [0.25, 0.3) is 0 Å². The Hall–Kier alpha value is -0.830. The fourth-order valence-electron chi connectivity index (χ4n) is 1.59. The van der Waals surface area contributed by atoms with Crippen molar-refractivity contribution in [3.8, 4) is 0 Å². The molecule has 1 atom stereocenters. The molecule has 0 spiro atoms. The highest BCUT2D eigenvalue weighted by atomic mass is 32.2. The van der Waals surface area contributed by atoms with E-state index in [1.54, 1.807) is 0 Å². The van der Waals surface area contributed by atoms with Gasteiger partial charge in [-0.2, -0.15) is 0 Å². The smallest absolute Gasteiger partial charge is 0.0532 e. The Bertz CT molecular complexity index is 374. The third-order valence-electron chi connectivity index (χ3n) is 2.57. The molecular weight excluding hydrogens is 218 g/mol. The molecule has 2 N–H and O–H groups in total. The number of rotatable bonds is 5. The standard InChI is InChI=1S/C13H21NOS/c1-10(2)5-4-8-16(15)13-9-12(14)7-6-11(13)3/h6-7,9-10H,4-5,8,14H2,1-3H3. The maximum atomic E-state index is 12.1. The van der Waals surface area contributed by atoms with E-state index in [2.05, 4.69) is 13.8 Å². The summed E-state index contributed by atoms with van der Waals surface area (Å²) in [6.45, 7) is 6.36. The van der Waals surface area contributed by atoms with Crippen LogP contribution in [0.2, 0.25) is 0 Å². The normalized spacial score (nSPS) is 13.0. The first-order chi connectivity index (χ1) is 7.50. The summed E-state index contributed by atoms with van der Waals surface area (Å²) in [5, 5.41) is 0. The van der Waals surface area contributed by atoms with Crippen molar-refractivity contribution in [3.05, 3.63) is 23.8 Å². The van der Waals surface area contributed by atoms with Gasteiger partial charge in [-0.25, -0.2) is 0 Å². The van der Waals surface area contributed by atoms with Crippen LogP contribution in [0.3, 0.4) is 0 Å². The number of anilines is 1. The monoisotopic (exact) mass is 239 g/mol. The zero-order valence-corrected chi connectivity index (χ0v) is 11.1. The van der Waals surface area contributed by atoms with Gasteiger partial charge in [0.05, 0.1) is 10.8 Å². The van der Waals surface area contributed by atoms with E-state index >= 15 is 0 Å². The number of aryl methyl sites for hydroxylation is 1. The number of benzene rings is 1. The predicted octanol–water partition coefficient (Wildman–Crippen LogP) is 3.12. The molecule has 2 nitrogen and oxygen atoms in total. The quantitative estimate of drug-likeness (QED) is 0.802. The van der Waals surface area contributed by atoms with Crippen molar-refractivity contribution < 1.29 is 4.21 Å². The maximum Gasteiger partial charge on any atom is 0.0532 e. The Kier molecular flexibility index (Phi) is 5.00. The lowest BCUT2D eigenvalue weighted by molar-refractivity contribution is 0.575. The molecule has 0 aromatic heterocycles. The Morgan fingerprint density at radius 1 is 1.38 bits per heavy atom. The molecule has 90 valence electrons. The van der Waals surface area contributed by atoms with Crippen molar-refractivity contribution in [1.82, 2.24) is 0 Å². The summed E-state index contributed by atoms with van der Waals surface area (Å²) >= 11 is 0. The van der Waals surface area contributed by atoms with Crippen molar-refractivity contribution in [2.24, 2.45) is 5.92 Å². The van der Waals surface area contributed by atoms with Crippen LogP contribution in [0.15, 0.2) is 23.1 Å². The van der Waals surface area contributed by atoms with E-state index in [0.29, 0.717) is 11.6 Å². The molecule has 3 heteroatoms. The third-order valence-corrected chi connectivity index (χ3v) is 4.16. The fourth-order valence-corrected chi connectivity index (χ4v) is 2.94. The minimum atomic E-state index is -0.902. The number of hydrogen-bond donors (Lipinski definition) is 1. The first-order valence-corrected chi connectivity index (χ1v) is 7.07. The minimum absolute atomic E-state index is 0.680. The van der Waals surface area contributed by atoms with Crippen LogP contribution in [0.5, 0.6) is 0 Å². The van der Waals surface area contributed by atoms with E-state index in [9.17, 15) is 4.21 Å². The molecule has 1 rings (SSSR count). The molecule has 0 amide bonds. The van der Waals surface area contributed by atoms with Gasteiger partial charge in [0.2, 0.25) is 0 Å². The molecule has 1 unspecified atom stereocenters. The molecule has 1 aromatic rings. The molecular formula is C13H21NOS. The lowest BCUT2D eigenvalue weighted by Gasteiger charge is -2.08. The average molecular weight is 239 g/mol. The molecule has 0 aliphatic carbocycles. The first-order valence-electron chi connectivity index (χ1n) is 5.75. The molecule has 0 saturated carbocycles. The summed E-state index contributed by atoms with van der Waals surface area (Å²) in [4.78, 5) is 0.892. The molecule has 0 radical (unpaired) electrons. The summed E-state index contributed by atoms with van der Waals surface area (Å²) < 4.78 is 12.1. The van der Waals surface area contributed by atoms with Gasteiger partial charge in [-0.15, -0.1) is 0 Å². The summed E-state index contributed by atoms with van der Waals surface area (Å²) in [5.74, 6) is 1.42. The van der Waals surface area contributed by atoms with Gasteiger partial charge in [0.15, 0.2) is 0 Å². The molecule has 0 aliphatic heterocycles. The zero-order chi connectivity index (χ0) is 12.1. The molecule has 1 aromatic carbocycles. The zero-order valence-electron chi connectivity index (χ0n) is 10.3. The highest BCUT2D eigenvalue weighted by Crippen LogP contribution is 2.18. The van der Waals surface area contributed by atoms with Gasteiger partial charge < -0.3 is 5.73 Å². The lowest BCUT2D eigenvalue weighted by atomic mass is 10.1. The third kappa shape index (κ3) is 3.97. The van der Waals surface area contributed by atoms with Crippen LogP contribution in [-0.2, 0) is 10.8 Å². The van der Waals surface area contributed by atoms with Gasteiger partial charge in [-0.1, -0.05) is 26.3 Å². The molecule has 0 bridgehead atoms. The van der Waals surface area contributed by atoms with Crippen LogP contribution in [0, 0.1) is 12.8 Å². The lowest BCUT2D eigenvalue weighted by Crippen LogP contribution is -2.02. The van der Waals surface area contributed by atoms with E-state index in [4.69, 9.17) is 5.73 Å². The molecule has 16 heavy (non-hydrogen) atoms. The molecule has 0 aliphatic rings. The number of nitrogen functional groups attached to an aromatic ring is 1. The van der Waals surface area contributed by atoms with E-state index in [1.807, 2.05) is 25.1 Å². The Morgan fingerprint density at radius 3 is 2.69 bits per heavy atom. The second-order valence-electron chi connectivity index (χ2n) is 4.61. The maximum absolute atomic E-state index is 12.1. The molecule has 0 fully saturated rings.